The van der Waals surface area contributed by atoms with E-state index in [0.717, 1.165) is 61.8 Å². The van der Waals surface area contributed by atoms with E-state index in [1.54, 1.807) is 135 Å². The number of nitrogens with zero attached hydrogens (tertiary/aromatic N) is 11. The van der Waals surface area contributed by atoms with Gasteiger partial charge in [-0.2, -0.15) is 0 Å². The first-order valence-electron chi connectivity index (χ1n) is 39.5. The second-order valence-electron chi connectivity index (χ2n) is 29.4. The van der Waals surface area contributed by atoms with Crippen LogP contribution in [0.25, 0.3) is 90.8 Å². The number of amides is 4. The Balaban J connectivity index is 0.000000126. The first kappa shape index (κ1) is 86.1. The van der Waals surface area contributed by atoms with Crippen molar-refractivity contribution in [3.05, 3.63) is 308 Å². The second kappa shape index (κ2) is 37.5. The Morgan fingerprint density at radius 3 is 1.21 bits per heavy atom. The molecule has 29 nitrogen and oxygen atoms in total. The van der Waals surface area contributed by atoms with Crippen molar-refractivity contribution in [1.82, 2.24) is 53.2 Å². The number of halogens is 7. The van der Waals surface area contributed by atoms with Gasteiger partial charge in [-0.25, -0.2) is 69.2 Å². The molecule has 13 heterocycles. The quantitative estimate of drug-likeness (QED) is 0.0417. The summed E-state index contributed by atoms with van der Waals surface area (Å²) in [6.45, 7) is 3.87. The monoisotopic (exact) mass is 1760 g/mol. The van der Waals surface area contributed by atoms with Crippen molar-refractivity contribution >= 4 is 56.4 Å². The molecular weight excluding hydrogens is 1690 g/mol. The Bertz CT molecular complexity index is 6870. The van der Waals surface area contributed by atoms with Gasteiger partial charge in [-0.1, -0.05) is 12.8 Å². The predicted octanol–water partition coefficient (Wildman–Crippen LogP) is 18.2. The van der Waals surface area contributed by atoms with Gasteiger partial charge in [0.1, 0.15) is 51.9 Å². The molecule has 1 aliphatic carbocycles. The number of anilines is 4. The molecular formula is C91H73F7N16O13S. The van der Waals surface area contributed by atoms with Gasteiger partial charge in [0.05, 0.1) is 128 Å². The molecule has 128 heavy (non-hydrogen) atoms. The van der Waals surface area contributed by atoms with Gasteiger partial charge in [-0.15, -0.1) is 0 Å². The van der Waals surface area contributed by atoms with Gasteiger partial charge in [0.2, 0.25) is 15.9 Å². The van der Waals surface area contributed by atoms with Crippen molar-refractivity contribution < 1.29 is 90.2 Å². The van der Waals surface area contributed by atoms with Crippen LogP contribution in [0.2, 0.25) is 0 Å². The van der Waals surface area contributed by atoms with Crippen LogP contribution in [0.5, 0.6) is 5.88 Å². The molecule has 37 heteroatoms. The molecule has 16 aromatic rings. The van der Waals surface area contributed by atoms with Crippen molar-refractivity contribution in [2.75, 3.05) is 54.8 Å². The first-order valence-corrected chi connectivity index (χ1v) is 41.0. The molecule has 0 bridgehead atoms. The topological polar surface area (TPSA) is 367 Å². The number of ether oxygens (including phenoxy) is 3. The molecule has 11 aromatic heterocycles. The zero-order chi connectivity index (χ0) is 89.4. The highest BCUT2D eigenvalue weighted by Crippen LogP contribution is 2.43. The van der Waals surface area contributed by atoms with E-state index in [-0.39, 0.29) is 81.5 Å². The standard InChI is InChI=1S/C25H22F2N4O4S.C23H18F2N4O3.C23H19FN4O4.C20H14F2N4O2/c26-16-7-5-15(6-8-16)23-24(31(14-29-23)17-3-1-2-4-17)21-11-12-22(35-21)25(32)30-20-10-9-18(13-19(20)27)36(28,33)34;1-13-8-18(17(25)9-26-13)28-23(30)20-7-6-19(32-20)22-21(14-2-4-15(24)5-3-14)27-12-29(22)16-10-31-11-16;1-30-20-10-16(8-9-25-20)27-23(29)19-7-6-18(32-19)22-21(14-2-4-15(24)5-3-14)26-13-28(22)17-11-31-12-17;1-26-11-24-18(12-2-4-13(21)5-3-12)19(26)16-6-7-17(28-16)20(27)25-15-8-9-23-10-14(15)22/h5-14,17H,1-4H2,(H,30,32)(H2,28,33,34);2-9,12,16H,10-11H2,1H3,(H,26,28,30);2-10,13,17H,11-12H2,1H3,(H,25,27,29);2-11H,1H3,(H,23,25,27). The zero-order valence-electron chi connectivity index (χ0n) is 67.8. The molecule has 0 radical (unpaired) electrons. The molecule has 0 unspecified atom stereocenters. The van der Waals surface area contributed by atoms with Crippen molar-refractivity contribution in [3.63, 3.8) is 0 Å². The maximum Gasteiger partial charge on any atom is 0.291 e. The Morgan fingerprint density at radius 2 is 0.805 bits per heavy atom. The van der Waals surface area contributed by atoms with Gasteiger partial charge in [0, 0.05) is 65.2 Å². The van der Waals surface area contributed by atoms with E-state index >= 15 is 0 Å². The fraction of sp³-hybridized carbons (Fsp3) is 0.154. The average molecular weight is 1760 g/mol. The number of rotatable bonds is 21. The van der Waals surface area contributed by atoms with Crippen molar-refractivity contribution in [2.24, 2.45) is 12.2 Å². The number of aromatic nitrogens is 11. The maximum atomic E-state index is 14.4. The lowest BCUT2D eigenvalue weighted by atomic mass is 10.1. The smallest absolute Gasteiger partial charge is 0.291 e. The van der Waals surface area contributed by atoms with Gasteiger partial charge in [-0.3, -0.25) is 29.1 Å². The summed E-state index contributed by atoms with van der Waals surface area (Å²) in [5.41, 5.74) is 8.79. The van der Waals surface area contributed by atoms with E-state index in [0.29, 0.717) is 129 Å². The largest absolute Gasteiger partial charge is 0.481 e. The minimum absolute atomic E-state index is 0.00508. The van der Waals surface area contributed by atoms with Crippen molar-refractivity contribution in [2.45, 2.75) is 55.6 Å². The molecule has 3 fully saturated rings. The van der Waals surface area contributed by atoms with Crippen LogP contribution in [0.15, 0.2) is 261 Å². The number of furan rings is 4. The van der Waals surface area contributed by atoms with E-state index in [4.69, 9.17) is 37.0 Å². The number of aryl methyl sites for hydroxylation is 2. The van der Waals surface area contributed by atoms with Crippen LogP contribution in [-0.4, -0.2) is 119 Å². The summed E-state index contributed by atoms with van der Waals surface area (Å²) < 4.78 is 165. The molecule has 3 aliphatic rings. The highest BCUT2D eigenvalue weighted by atomic mass is 32.2. The number of sulfonamides is 1. The maximum absolute atomic E-state index is 14.4. The lowest BCUT2D eigenvalue weighted by Crippen LogP contribution is -2.30. The molecule has 6 N–H and O–H groups in total. The highest BCUT2D eigenvalue weighted by Gasteiger charge is 2.33. The summed E-state index contributed by atoms with van der Waals surface area (Å²) in [4.78, 5) is 79.6. The third-order valence-corrected chi connectivity index (χ3v) is 21.7. The van der Waals surface area contributed by atoms with Crippen LogP contribution in [-0.2, 0) is 26.5 Å². The minimum atomic E-state index is -4.09. The highest BCUT2D eigenvalue weighted by molar-refractivity contribution is 7.89. The number of carbonyl (C=O) groups excluding carboxylic acids is 4. The predicted molar refractivity (Wildman–Crippen MR) is 453 cm³/mol. The van der Waals surface area contributed by atoms with Crippen LogP contribution in [0.1, 0.15) is 91.7 Å². The number of primary sulfonamides is 1. The summed E-state index contributed by atoms with van der Waals surface area (Å²) in [5, 5.41) is 15.1. The lowest BCUT2D eigenvalue weighted by Gasteiger charge is -2.28. The second-order valence-corrected chi connectivity index (χ2v) is 30.9. The van der Waals surface area contributed by atoms with E-state index in [2.05, 4.69) is 56.2 Å². The minimum Gasteiger partial charge on any atom is -0.481 e. The van der Waals surface area contributed by atoms with Crippen molar-refractivity contribution in [3.8, 4) is 96.7 Å². The Kier molecular flexibility index (Phi) is 25.2. The van der Waals surface area contributed by atoms with Gasteiger partial charge >= 0.3 is 0 Å². The Labute approximate surface area is 723 Å². The molecule has 0 spiro atoms. The van der Waals surface area contributed by atoms with E-state index in [1.807, 2.05) is 13.7 Å². The summed E-state index contributed by atoms with van der Waals surface area (Å²) >= 11 is 0. The third kappa shape index (κ3) is 19.2. The fourth-order valence-electron chi connectivity index (χ4n) is 14.2. The van der Waals surface area contributed by atoms with E-state index in [9.17, 15) is 58.3 Å². The molecule has 19 rings (SSSR count). The summed E-state index contributed by atoms with van der Waals surface area (Å²) in [5.74, 6) is -3.82. The summed E-state index contributed by atoms with van der Waals surface area (Å²) in [7, 11) is -0.802. The normalized spacial score (nSPS) is 13.2. The van der Waals surface area contributed by atoms with E-state index < -0.39 is 56.0 Å². The molecule has 2 aliphatic heterocycles. The van der Waals surface area contributed by atoms with Crippen LogP contribution in [0.4, 0.5) is 53.5 Å². The summed E-state index contributed by atoms with van der Waals surface area (Å²) in [6, 6.07) is 46.1. The van der Waals surface area contributed by atoms with E-state index in [1.165, 1.54) is 98.4 Å². The molecule has 0 atom stereocenters. The number of hydrogen-bond acceptors (Lipinski definition) is 20. The first-order chi connectivity index (χ1) is 61.8. The van der Waals surface area contributed by atoms with Gasteiger partial charge in [-0.05, 0) is 202 Å². The molecule has 5 aromatic carbocycles. The van der Waals surface area contributed by atoms with Crippen LogP contribution < -0.4 is 31.1 Å². The number of pyridine rings is 3. The number of carbonyl (C=O) groups is 4. The number of benzene rings is 5. The molecule has 650 valence electrons. The van der Waals surface area contributed by atoms with Gasteiger partial charge in [0.15, 0.2) is 57.7 Å². The Hall–Kier alpha value is -15.5. The average Bonchev–Trinajstić information content (AvgIpc) is 1.62. The number of nitrogens with two attached hydrogens (primary N) is 1. The third-order valence-electron chi connectivity index (χ3n) is 20.8. The lowest BCUT2D eigenvalue weighted by molar-refractivity contribution is -0.0228. The van der Waals surface area contributed by atoms with Crippen molar-refractivity contribution in [1.29, 1.82) is 0 Å². The number of nitrogens with one attached hydrogen (secondary N) is 4. The van der Waals surface area contributed by atoms with Crippen LogP contribution >= 0.6 is 0 Å². The molecule has 4 amide bonds. The fourth-order valence-corrected chi connectivity index (χ4v) is 14.7. The number of imidazole rings is 4. The van der Waals surface area contributed by atoms with Crippen LogP contribution in [0.3, 0.4) is 0 Å². The zero-order valence-corrected chi connectivity index (χ0v) is 68.6. The van der Waals surface area contributed by atoms with Gasteiger partial charge in [0.25, 0.3) is 23.6 Å². The SMILES string of the molecule is COc1cc(NC(=O)c2ccc(-c3c(-c4ccc(F)cc4)ncn3C3COC3)o2)ccn1.Cc1cc(NC(=O)c2ccc(-c3c(-c4ccc(F)cc4)ncn3C3COC3)o2)c(F)cn1.Cn1cnc(-c2ccc(F)cc2)c1-c1ccc(C(=O)Nc2ccncc2F)o1.NS(=O)(=O)c1ccc(NC(=O)c2ccc(-c3c(-c4ccc(F)cc4)ncn3C3CCCC3)o2)c(F)c1. The van der Waals surface area contributed by atoms with Crippen LogP contribution in [0, 0.1) is 47.6 Å². The number of hydrogen-bond donors (Lipinski definition) is 5. The Morgan fingerprint density at radius 1 is 0.414 bits per heavy atom. The van der Waals surface area contributed by atoms with Gasteiger partial charge < -0.3 is 71.4 Å². The summed E-state index contributed by atoms with van der Waals surface area (Å²) in [6.07, 6.45) is 15.8. The molecule has 1 saturated carbocycles. The molecule has 2 saturated heterocycles. The number of methoxy groups -OCH3 is 1.